The highest BCUT2D eigenvalue weighted by molar-refractivity contribution is 7.16. The van der Waals surface area contributed by atoms with E-state index in [1.165, 1.54) is 21.6 Å². The fourth-order valence-corrected chi connectivity index (χ4v) is 6.02. The number of nitrogens with one attached hydrogen (secondary N) is 1. The Hall–Kier alpha value is -3.68. The molecule has 2 aromatic heterocycles. The third-order valence-electron chi connectivity index (χ3n) is 7.05. The van der Waals surface area contributed by atoms with E-state index in [1.807, 2.05) is 60.8 Å². The Morgan fingerprint density at radius 3 is 2.30 bits per heavy atom. The van der Waals surface area contributed by atoms with Crippen molar-refractivity contribution in [3.05, 3.63) is 106 Å². The number of rotatable bonds is 7. The van der Waals surface area contributed by atoms with Crippen LogP contribution in [-0.2, 0) is 0 Å². The second-order valence-electron chi connectivity index (χ2n) is 9.23. The van der Waals surface area contributed by atoms with Gasteiger partial charge in [0, 0.05) is 48.4 Å². The number of piperazine rings is 1. The molecule has 1 aliphatic rings. The molecule has 4 aromatic rings. The van der Waals surface area contributed by atoms with E-state index in [4.69, 9.17) is 4.74 Å². The molecular formula is C30H32N4O2S. The molecule has 1 N–H and O–H groups in total. The third kappa shape index (κ3) is 5.38. The van der Waals surface area contributed by atoms with Crippen molar-refractivity contribution in [3.8, 4) is 5.75 Å². The van der Waals surface area contributed by atoms with Crippen LogP contribution >= 0.6 is 11.3 Å². The first kappa shape index (κ1) is 25.0. The number of hydrogen-bond donors (Lipinski definition) is 1. The fraction of sp³-hybridized carbons (Fsp3) is 0.267. The predicted molar refractivity (Wildman–Crippen MR) is 151 cm³/mol. The van der Waals surface area contributed by atoms with Crippen molar-refractivity contribution in [2.24, 2.45) is 0 Å². The van der Waals surface area contributed by atoms with Crippen molar-refractivity contribution >= 4 is 28.1 Å². The summed E-state index contributed by atoms with van der Waals surface area (Å²) >= 11 is 1.65. The minimum Gasteiger partial charge on any atom is -0.497 e. The standard InChI is InChI=1S/C30H32N4O2S/c1-21-22(2)37-30(32-29(35)24-9-5-4-6-10-24)27(21)28(23-12-14-25(36-3)15-13-23)34-19-17-33(18-20-34)26-11-7-8-16-31-26/h4-16,28H,17-20H2,1-3H3,(H,32,35)/t28-/m0/s1. The summed E-state index contributed by atoms with van der Waals surface area (Å²) in [4.78, 5) is 23.8. The molecule has 37 heavy (non-hydrogen) atoms. The van der Waals surface area contributed by atoms with Crippen molar-refractivity contribution in [2.75, 3.05) is 43.5 Å². The van der Waals surface area contributed by atoms with Crippen LogP contribution in [-0.4, -0.2) is 49.1 Å². The quantitative estimate of drug-likeness (QED) is 0.333. The van der Waals surface area contributed by atoms with Gasteiger partial charge in [-0.05, 0) is 61.4 Å². The number of hydrogen-bond acceptors (Lipinski definition) is 6. The van der Waals surface area contributed by atoms with Crippen LogP contribution in [0, 0.1) is 13.8 Å². The van der Waals surface area contributed by atoms with E-state index < -0.39 is 0 Å². The maximum Gasteiger partial charge on any atom is 0.256 e. The Bertz CT molecular complexity index is 1330. The summed E-state index contributed by atoms with van der Waals surface area (Å²) in [5.74, 6) is 1.76. The molecule has 190 valence electrons. The second kappa shape index (κ2) is 11.2. The molecule has 5 rings (SSSR count). The number of anilines is 2. The van der Waals surface area contributed by atoms with Gasteiger partial charge in [-0.15, -0.1) is 11.3 Å². The lowest BCUT2D eigenvalue weighted by molar-refractivity contribution is 0.102. The Balaban J connectivity index is 1.49. The van der Waals surface area contributed by atoms with Crippen molar-refractivity contribution in [2.45, 2.75) is 19.9 Å². The molecule has 1 saturated heterocycles. The predicted octanol–water partition coefficient (Wildman–Crippen LogP) is 5.93. The SMILES string of the molecule is COc1ccc([C@@H](c2c(NC(=O)c3ccccc3)sc(C)c2C)N2CCN(c3ccccn3)CC2)cc1. The molecule has 1 amide bonds. The normalized spacial score (nSPS) is 14.8. The zero-order chi connectivity index (χ0) is 25.8. The first-order valence-corrected chi connectivity index (χ1v) is 13.4. The highest BCUT2D eigenvalue weighted by Gasteiger charge is 2.32. The monoisotopic (exact) mass is 512 g/mol. The van der Waals surface area contributed by atoms with Gasteiger partial charge in [0.1, 0.15) is 16.6 Å². The number of carbonyl (C=O) groups is 1. The van der Waals surface area contributed by atoms with Gasteiger partial charge >= 0.3 is 0 Å². The lowest BCUT2D eigenvalue weighted by atomic mass is 9.94. The van der Waals surface area contributed by atoms with Crippen LogP contribution in [0.5, 0.6) is 5.75 Å². The van der Waals surface area contributed by atoms with Gasteiger partial charge in [-0.25, -0.2) is 4.98 Å². The van der Waals surface area contributed by atoms with Crippen LogP contribution in [0.25, 0.3) is 0 Å². The largest absolute Gasteiger partial charge is 0.497 e. The van der Waals surface area contributed by atoms with Crippen LogP contribution in [0.1, 0.15) is 38.0 Å². The van der Waals surface area contributed by atoms with Crippen LogP contribution in [0.2, 0.25) is 0 Å². The maximum absolute atomic E-state index is 13.2. The van der Waals surface area contributed by atoms with Crippen molar-refractivity contribution in [3.63, 3.8) is 0 Å². The van der Waals surface area contributed by atoms with Crippen LogP contribution in [0.15, 0.2) is 79.0 Å². The molecule has 3 heterocycles. The Labute approximate surface area is 222 Å². The molecule has 0 bridgehead atoms. The van der Waals surface area contributed by atoms with Gasteiger partial charge in [0.2, 0.25) is 0 Å². The highest BCUT2D eigenvalue weighted by Crippen LogP contribution is 2.43. The molecule has 1 fully saturated rings. The minimum absolute atomic E-state index is 0.00723. The van der Waals surface area contributed by atoms with Crippen molar-refractivity contribution in [1.29, 1.82) is 0 Å². The van der Waals surface area contributed by atoms with Gasteiger partial charge in [0.15, 0.2) is 0 Å². The number of pyridine rings is 1. The smallest absolute Gasteiger partial charge is 0.256 e. The summed E-state index contributed by atoms with van der Waals surface area (Å²) in [5.41, 5.74) is 4.23. The molecule has 0 unspecified atom stereocenters. The van der Waals surface area contributed by atoms with Gasteiger partial charge in [0.05, 0.1) is 13.2 Å². The van der Waals surface area contributed by atoms with Crippen LogP contribution < -0.4 is 15.0 Å². The molecule has 0 saturated carbocycles. The lowest BCUT2D eigenvalue weighted by Gasteiger charge is -2.40. The molecule has 1 aliphatic heterocycles. The third-order valence-corrected chi connectivity index (χ3v) is 8.19. The lowest BCUT2D eigenvalue weighted by Crippen LogP contribution is -2.48. The van der Waals surface area contributed by atoms with E-state index in [0.29, 0.717) is 5.56 Å². The molecule has 7 heteroatoms. The summed E-state index contributed by atoms with van der Waals surface area (Å²) in [7, 11) is 1.69. The van der Waals surface area contributed by atoms with Gasteiger partial charge in [0.25, 0.3) is 5.91 Å². The Morgan fingerprint density at radius 1 is 0.946 bits per heavy atom. The van der Waals surface area contributed by atoms with E-state index in [9.17, 15) is 4.79 Å². The topological polar surface area (TPSA) is 57.7 Å². The van der Waals surface area contributed by atoms with E-state index in [1.54, 1.807) is 18.4 Å². The number of aromatic nitrogens is 1. The zero-order valence-corrected chi connectivity index (χ0v) is 22.3. The van der Waals surface area contributed by atoms with Gasteiger partial charge < -0.3 is 15.0 Å². The first-order chi connectivity index (χ1) is 18.0. The van der Waals surface area contributed by atoms with Gasteiger partial charge in [-0.2, -0.15) is 0 Å². The van der Waals surface area contributed by atoms with Crippen molar-refractivity contribution in [1.82, 2.24) is 9.88 Å². The molecular weight excluding hydrogens is 480 g/mol. The summed E-state index contributed by atoms with van der Waals surface area (Å²) < 4.78 is 5.43. The Kier molecular flexibility index (Phi) is 7.53. The van der Waals surface area contributed by atoms with E-state index in [0.717, 1.165) is 42.7 Å². The average Bonchev–Trinajstić information content (AvgIpc) is 3.22. The number of amides is 1. The summed E-state index contributed by atoms with van der Waals surface area (Å²) in [6.07, 6.45) is 1.85. The van der Waals surface area contributed by atoms with Crippen molar-refractivity contribution < 1.29 is 9.53 Å². The number of aryl methyl sites for hydroxylation is 1. The maximum atomic E-state index is 13.2. The first-order valence-electron chi connectivity index (χ1n) is 12.6. The average molecular weight is 513 g/mol. The molecule has 2 aromatic carbocycles. The van der Waals surface area contributed by atoms with Crippen LogP contribution in [0.4, 0.5) is 10.8 Å². The summed E-state index contributed by atoms with van der Waals surface area (Å²) in [6.45, 7) is 7.84. The number of nitrogens with zero attached hydrogens (tertiary/aromatic N) is 3. The van der Waals surface area contributed by atoms with E-state index in [2.05, 4.69) is 52.1 Å². The van der Waals surface area contributed by atoms with Crippen LogP contribution in [0.3, 0.4) is 0 Å². The minimum atomic E-state index is -0.0865. The number of methoxy groups -OCH3 is 1. The molecule has 6 nitrogen and oxygen atoms in total. The summed E-state index contributed by atoms with van der Waals surface area (Å²) in [6, 6.07) is 23.8. The number of ether oxygens (including phenoxy) is 1. The molecule has 0 spiro atoms. The molecule has 0 aliphatic carbocycles. The number of carbonyl (C=O) groups excluding carboxylic acids is 1. The number of benzene rings is 2. The van der Waals surface area contributed by atoms with E-state index in [-0.39, 0.29) is 11.9 Å². The molecule has 0 radical (unpaired) electrons. The molecule has 1 atom stereocenters. The fourth-order valence-electron chi connectivity index (χ4n) is 4.93. The number of thiophene rings is 1. The highest BCUT2D eigenvalue weighted by atomic mass is 32.1. The Morgan fingerprint density at radius 2 is 1.65 bits per heavy atom. The van der Waals surface area contributed by atoms with Gasteiger partial charge in [-0.1, -0.05) is 36.4 Å². The van der Waals surface area contributed by atoms with E-state index >= 15 is 0 Å². The second-order valence-corrected chi connectivity index (χ2v) is 10.5. The summed E-state index contributed by atoms with van der Waals surface area (Å²) in [5, 5.41) is 4.16. The van der Waals surface area contributed by atoms with Gasteiger partial charge in [-0.3, -0.25) is 9.69 Å². The zero-order valence-electron chi connectivity index (χ0n) is 21.5.